The molecule has 1 atom stereocenters. The molecule has 2 aromatic rings. The van der Waals surface area contributed by atoms with E-state index in [-0.39, 0.29) is 11.5 Å². The Morgan fingerprint density at radius 2 is 2.25 bits per heavy atom. The van der Waals surface area contributed by atoms with Crippen molar-refractivity contribution >= 4 is 0 Å². The Labute approximate surface area is 117 Å². The molecule has 20 heavy (non-hydrogen) atoms. The first-order chi connectivity index (χ1) is 9.78. The van der Waals surface area contributed by atoms with Crippen LogP contribution < -0.4 is 5.56 Å². The molecule has 0 radical (unpaired) electrons. The summed E-state index contributed by atoms with van der Waals surface area (Å²) in [6, 6.07) is 9.93. The van der Waals surface area contributed by atoms with E-state index in [4.69, 9.17) is 4.74 Å². The van der Waals surface area contributed by atoms with Crippen LogP contribution in [-0.4, -0.2) is 17.1 Å². The standard InChI is InChI=1S/C16H18N2O2/c1-20-10-12-9-15(19)18-16(17-12)14-8-4-6-11-5-2-3-7-13(11)14/h2-3,5,7,9,14H,4,6,8,10H2,1H3,(H,17,18,19). The quantitative estimate of drug-likeness (QED) is 0.931. The molecule has 104 valence electrons. The molecular weight excluding hydrogens is 252 g/mol. The Kier molecular flexibility index (Phi) is 3.65. The molecule has 0 aliphatic heterocycles. The van der Waals surface area contributed by atoms with E-state index in [1.54, 1.807) is 7.11 Å². The monoisotopic (exact) mass is 270 g/mol. The number of H-pyrrole nitrogens is 1. The lowest BCUT2D eigenvalue weighted by Crippen LogP contribution is -2.19. The van der Waals surface area contributed by atoms with Gasteiger partial charge in [-0.3, -0.25) is 4.79 Å². The minimum absolute atomic E-state index is 0.106. The summed E-state index contributed by atoms with van der Waals surface area (Å²) in [7, 11) is 1.61. The lowest BCUT2D eigenvalue weighted by Gasteiger charge is -2.24. The van der Waals surface area contributed by atoms with Crippen molar-refractivity contribution in [1.82, 2.24) is 9.97 Å². The second-order valence-corrected chi connectivity index (χ2v) is 5.20. The van der Waals surface area contributed by atoms with Gasteiger partial charge in [-0.2, -0.15) is 0 Å². The summed E-state index contributed by atoms with van der Waals surface area (Å²) in [5, 5.41) is 0. The SMILES string of the molecule is COCc1cc(=O)[nH]c(C2CCCc3ccccc32)n1. The molecule has 1 unspecified atom stereocenters. The van der Waals surface area contributed by atoms with Gasteiger partial charge >= 0.3 is 0 Å². The molecule has 4 heteroatoms. The number of aryl methyl sites for hydroxylation is 1. The van der Waals surface area contributed by atoms with Crippen molar-refractivity contribution in [2.24, 2.45) is 0 Å². The number of benzene rings is 1. The average Bonchev–Trinajstić information content (AvgIpc) is 2.46. The van der Waals surface area contributed by atoms with Gasteiger partial charge in [-0.25, -0.2) is 4.98 Å². The van der Waals surface area contributed by atoms with Crippen LogP contribution in [0.1, 0.15) is 41.4 Å². The van der Waals surface area contributed by atoms with Gasteiger partial charge < -0.3 is 9.72 Å². The van der Waals surface area contributed by atoms with Gasteiger partial charge in [0.05, 0.1) is 12.3 Å². The van der Waals surface area contributed by atoms with E-state index in [0.717, 1.165) is 25.1 Å². The van der Waals surface area contributed by atoms with Crippen molar-refractivity contribution in [2.45, 2.75) is 31.8 Å². The third kappa shape index (κ3) is 2.51. The molecule has 1 aliphatic carbocycles. The fraction of sp³-hybridized carbons (Fsp3) is 0.375. The van der Waals surface area contributed by atoms with Crippen LogP contribution in [0.2, 0.25) is 0 Å². The highest BCUT2D eigenvalue weighted by molar-refractivity contribution is 5.36. The molecule has 0 saturated heterocycles. The van der Waals surface area contributed by atoms with Gasteiger partial charge in [0, 0.05) is 19.1 Å². The second-order valence-electron chi connectivity index (χ2n) is 5.20. The highest BCUT2D eigenvalue weighted by atomic mass is 16.5. The van der Waals surface area contributed by atoms with E-state index >= 15 is 0 Å². The highest BCUT2D eigenvalue weighted by Crippen LogP contribution is 2.34. The highest BCUT2D eigenvalue weighted by Gasteiger charge is 2.23. The van der Waals surface area contributed by atoms with Crippen molar-refractivity contribution < 1.29 is 4.74 Å². The molecular formula is C16H18N2O2. The van der Waals surface area contributed by atoms with E-state index in [9.17, 15) is 4.79 Å². The van der Waals surface area contributed by atoms with Crippen LogP contribution in [0.3, 0.4) is 0 Å². The number of methoxy groups -OCH3 is 1. The van der Waals surface area contributed by atoms with Crippen molar-refractivity contribution in [2.75, 3.05) is 7.11 Å². The zero-order chi connectivity index (χ0) is 13.9. The largest absolute Gasteiger partial charge is 0.378 e. The fourth-order valence-corrected chi connectivity index (χ4v) is 2.95. The van der Waals surface area contributed by atoms with E-state index in [1.807, 2.05) is 6.07 Å². The topological polar surface area (TPSA) is 55.0 Å². The zero-order valence-corrected chi connectivity index (χ0v) is 11.6. The van der Waals surface area contributed by atoms with Crippen LogP contribution in [0, 0.1) is 0 Å². The van der Waals surface area contributed by atoms with Gasteiger partial charge in [-0.1, -0.05) is 24.3 Å². The summed E-state index contributed by atoms with van der Waals surface area (Å²) in [6.07, 6.45) is 3.25. The smallest absolute Gasteiger partial charge is 0.251 e. The van der Waals surface area contributed by atoms with E-state index in [0.29, 0.717) is 12.3 Å². The first kappa shape index (κ1) is 13.1. The number of rotatable bonds is 3. The molecule has 1 heterocycles. The van der Waals surface area contributed by atoms with Crippen molar-refractivity contribution in [1.29, 1.82) is 0 Å². The molecule has 0 bridgehead atoms. The maximum absolute atomic E-state index is 11.8. The normalized spacial score (nSPS) is 17.8. The number of ether oxygens (including phenoxy) is 1. The second kappa shape index (κ2) is 5.59. The van der Waals surface area contributed by atoms with Crippen LogP contribution in [0.25, 0.3) is 0 Å². The zero-order valence-electron chi connectivity index (χ0n) is 11.6. The van der Waals surface area contributed by atoms with Crippen LogP contribution in [0.15, 0.2) is 35.1 Å². The molecule has 0 fully saturated rings. The van der Waals surface area contributed by atoms with Gasteiger partial charge in [0.2, 0.25) is 0 Å². The molecule has 1 aliphatic rings. The Morgan fingerprint density at radius 3 is 3.10 bits per heavy atom. The van der Waals surface area contributed by atoms with E-state index < -0.39 is 0 Å². The molecule has 1 N–H and O–H groups in total. The van der Waals surface area contributed by atoms with Crippen LogP contribution in [0.5, 0.6) is 0 Å². The van der Waals surface area contributed by atoms with E-state index in [1.165, 1.54) is 17.2 Å². The molecule has 1 aromatic heterocycles. The third-order valence-electron chi connectivity index (χ3n) is 3.80. The number of aromatic amines is 1. The van der Waals surface area contributed by atoms with Crippen LogP contribution in [0.4, 0.5) is 0 Å². The van der Waals surface area contributed by atoms with Crippen molar-refractivity contribution in [3.8, 4) is 0 Å². The fourth-order valence-electron chi connectivity index (χ4n) is 2.95. The van der Waals surface area contributed by atoms with Crippen LogP contribution in [-0.2, 0) is 17.8 Å². The van der Waals surface area contributed by atoms with Crippen LogP contribution >= 0.6 is 0 Å². The Balaban J connectivity index is 2.04. The van der Waals surface area contributed by atoms with Gasteiger partial charge in [0.15, 0.2) is 0 Å². The number of nitrogens with zero attached hydrogens (tertiary/aromatic N) is 1. The van der Waals surface area contributed by atoms with Gasteiger partial charge in [0.1, 0.15) is 5.82 Å². The Morgan fingerprint density at radius 1 is 1.40 bits per heavy atom. The molecule has 0 spiro atoms. The van der Waals surface area contributed by atoms with E-state index in [2.05, 4.69) is 28.2 Å². The van der Waals surface area contributed by atoms with Gasteiger partial charge in [-0.15, -0.1) is 0 Å². The van der Waals surface area contributed by atoms with Crippen molar-refractivity contribution in [3.63, 3.8) is 0 Å². The third-order valence-corrected chi connectivity index (χ3v) is 3.80. The van der Waals surface area contributed by atoms with Gasteiger partial charge in [0.25, 0.3) is 5.56 Å². The lowest BCUT2D eigenvalue weighted by atomic mass is 9.82. The number of nitrogens with one attached hydrogen (secondary N) is 1. The maximum atomic E-state index is 11.8. The molecule has 0 saturated carbocycles. The number of hydrogen-bond acceptors (Lipinski definition) is 3. The Bertz CT molecular complexity index is 664. The minimum Gasteiger partial charge on any atom is -0.378 e. The number of aromatic nitrogens is 2. The first-order valence-electron chi connectivity index (χ1n) is 6.95. The Hall–Kier alpha value is -1.94. The summed E-state index contributed by atoms with van der Waals surface area (Å²) in [6.45, 7) is 0.366. The summed E-state index contributed by atoms with van der Waals surface area (Å²) in [5.41, 5.74) is 3.24. The molecule has 0 amide bonds. The summed E-state index contributed by atoms with van der Waals surface area (Å²) >= 11 is 0. The maximum Gasteiger partial charge on any atom is 0.251 e. The predicted octanol–water partition coefficient (Wildman–Crippen LogP) is 2.38. The molecule has 4 nitrogen and oxygen atoms in total. The summed E-state index contributed by atoms with van der Waals surface area (Å²) in [5.74, 6) is 0.946. The number of hydrogen-bond donors (Lipinski definition) is 1. The summed E-state index contributed by atoms with van der Waals surface area (Å²) in [4.78, 5) is 19.2. The molecule has 1 aromatic carbocycles. The van der Waals surface area contributed by atoms with Gasteiger partial charge in [-0.05, 0) is 30.4 Å². The predicted molar refractivity (Wildman–Crippen MR) is 76.8 cm³/mol. The summed E-state index contributed by atoms with van der Waals surface area (Å²) < 4.78 is 5.08. The minimum atomic E-state index is -0.106. The van der Waals surface area contributed by atoms with Crippen molar-refractivity contribution in [3.05, 3.63) is 63.3 Å². The number of fused-ring (bicyclic) bond motifs is 1. The average molecular weight is 270 g/mol. The lowest BCUT2D eigenvalue weighted by molar-refractivity contribution is 0.181. The molecule has 3 rings (SSSR count). The first-order valence-corrected chi connectivity index (χ1v) is 6.95.